The van der Waals surface area contributed by atoms with Crippen molar-refractivity contribution in [2.45, 2.75) is 26.9 Å². The Bertz CT molecular complexity index is 776. The summed E-state index contributed by atoms with van der Waals surface area (Å²) in [5.41, 5.74) is 5.66. The lowest BCUT2D eigenvalue weighted by molar-refractivity contribution is -0.127. The molecule has 24 heavy (non-hydrogen) atoms. The molecular formula is C18H18Cl2N2O2. The van der Waals surface area contributed by atoms with Crippen LogP contribution in [0, 0.1) is 13.8 Å². The largest absolute Gasteiger partial charge is 0.479 e. The Labute approximate surface area is 151 Å². The number of aryl methyl sites for hydroxylation is 2. The molecule has 126 valence electrons. The normalized spacial score (nSPS) is 12.2. The van der Waals surface area contributed by atoms with E-state index in [0.29, 0.717) is 15.8 Å². The summed E-state index contributed by atoms with van der Waals surface area (Å²) in [5, 5.41) is 4.82. The number of halogens is 2. The molecule has 1 N–H and O–H groups in total. The van der Waals surface area contributed by atoms with Crippen LogP contribution in [-0.2, 0) is 4.79 Å². The molecule has 0 spiro atoms. The van der Waals surface area contributed by atoms with E-state index < -0.39 is 6.10 Å². The van der Waals surface area contributed by atoms with Crippen LogP contribution in [0.3, 0.4) is 0 Å². The molecule has 0 saturated heterocycles. The van der Waals surface area contributed by atoms with E-state index in [1.165, 1.54) is 5.56 Å². The maximum atomic E-state index is 12.0. The average molecular weight is 365 g/mol. The van der Waals surface area contributed by atoms with Gasteiger partial charge < -0.3 is 4.74 Å². The van der Waals surface area contributed by atoms with Crippen molar-refractivity contribution in [1.82, 2.24) is 5.43 Å². The maximum Gasteiger partial charge on any atom is 0.280 e. The first kappa shape index (κ1) is 18.3. The molecule has 0 aliphatic heterocycles. The fourth-order valence-corrected chi connectivity index (χ4v) is 2.49. The molecule has 0 fully saturated rings. The highest BCUT2D eigenvalue weighted by atomic mass is 35.5. The Morgan fingerprint density at radius 2 is 1.96 bits per heavy atom. The zero-order valence-electron chi connectivity index (χ0n) is 13.6. The average Bonchev–Trinajstić information content (AvgIpc) is 2.52. The number of nitrogens with zero attached hydrogens (tertiary/aromatic N) is 1. The van der Waals surface area contributed by atoms with Crippen LogP contribution >= 0.6 is 23.2 Å². The van der Waals surface area contributed by atoms with E-state index >= 15 is 0 Å². The first-order valence-corrected chi connectivity index (χ1v) is 8.14. The van der Waals surface area contributed by atoms with Crippen LogP contribution in [0.1, 0.15) is 23.6 Å². The van der Waals surface area contributed by atoms with Gasteiger partial charge in [0, 0.05) is 5.02 Å². The number of ether oxygens (including phenoxy) is 1. The molecule has 0 radical (unpaired) electrons. The van der Waals surface area contributed by atoms with E-state index in [4.69, 9.17) is 27.9 Å². The molecule has 0 heterocycles. The van der Waals surface area contributed by atoms with Crippen molar-refractivity contribution in [3.05, 3.63) is 63.1 Å². The smallest absolute Gasteiger partial charge is 0.280 e. The molecular weight excluding hydrogens is 347 g/mol. The van der Waals surface area contributed by atoms with Crippen LogP contribution in [0.5, 0.6) is 5.75 Å². The van der Waals surface area contributed by atoms with Gasteiger partial charge in [-0.05, 0) is 50.1 Å². The van der Waals surface area contributed by atoms with Crippen molar-refractivity contribution in [3.8, 4) is 5.75 Å². The van der Waals surface area contributed by atoms with Crippen molar-refractivity contribution in [2.75, 3.05) is 0 Å². The second kappa shape index (κ2) is 8.18. The summed E-state index contributed by atoms with van der Waals surface area (Å²) in [6.07, 6.45) is 0.856. The summed E-state index contributed by atoms with van der Waals surface area (Å²) in [4.78, 5) is 12.0. The number of benzene rings is 2. The standard InChI is InChI=1S/C18H18Cl2N2O2/c1-11-4-5-14(12(2)8-11)10-21-22-18(23)13(3)24-17-7-6-15(19)9-16(17)20/h4-10,13H,1-3H3,(H,22,23). The summed E-state index contributed by atoms with van der Waals surface area (Å²) in [6, 6.07) is 10.8. The Morgan fingerprint density at radius 1 is 1.21 bits per heavy atom. The third-order valence-electron chi connectivity index (χ3n) is 3.37. The maximum absolute atomic E-state index is 12.0. The highest BCUT2D eigenvalue weighted by molar-refractivity contribution is 6.35. The molecule has 2 aromatic carbocycles. The van der Waals surface area contributed by atoms with Crippen LogP contribution in [0.15, 0.2) is 41.5 Å². The van der Waals surface area contributed by atoms with E-state index in [-0.39, 0.29) is 5.91 Å². The molecule has 6 heteroatoms. The first-order chi connectivity index (χ1) is 11.4. The van der Waals surface area contributed by atoms with E-state index in [1.54, 1.807) is 31.3 Å². The molecule has 2 rings (SSSR count). The molecule has 4 nitrogen and oxygen atoms in total. The van der Waals surface area contributed by atoms with Gasteiger partial charge in [0.2, 0.25) is 0 Å². The first-order valence-electron chi connectivity index (χ1n) is 7.38. The highest BCUT2D eigenvalue weighted by Crippen LogP contribution is 2.28. The Hall–Kier alpha value is -2.04. The molecule has 0 aliphatic carbocycles. The lowest BCUT2D eigenvalue weighted by Crippen LogP contribution is -2.33. The monoisotopic (exact) mass is 364 g/mol. The van der Waals surface area contributed by atoms with E-state index in [9.17, 15) is 4.79 Å². The lowest BCUT2D eigenvalue weighted by Gasteiger charge is -2.14. The zero-order chi connectivity index (χ0) is 17.7. The minimum absolute atomic E-state index is 0.348. The molecule has 1 amide bonds. The van der Waals surface area contributed by atoms with Gasteiger partial charge in [-0.1, -0.05) is 47.0 Å². The van der Waals surface area contributed by atoms with Crippen LogP contribution < -0.4 is 10.2 Å². The number of hydrazone groups is 1. The van der Waals surface area contributed by atoms with Gasteiger partial charge in [-0.25, -0.2) is 5.43 Å². The number of carbonyl (C=O) groups is 1. The second-order valence-corrected chi connectivity index (χ2v) is 6.27. The summed E-state index contributed by atoms with van der Waals surface area (Å²) < 4.78 is 5.53. The number of nitrogens with one attached hydrogen (secondary N) is 1. The Kier molecular flexibility index (Phi) is 6.23. The van der Waals surface area contributed by atoms with Gasteiger partial charge >= 0.3 is 0 Å². The van der Waals surface area contributed by atoms with E-state index in [1.807, 2.05) is 26.0 Å². The van der Waals surface area contributed by atoms with Crippen LogP contribution in [0.25, 0.3) is 0 Å². The van der Waals surface area contributed by atoms with Gasteiger partial charge in [-0.2, -0.15) is 5.10 Å². The van der Waals surface area contributed by atoms with Gasteiger partial charge in [0.1, 0.15) is 5.75 Å². The van der Waals surface area contributed by atoms with Crippen molar-refractivity contribution < 1.29 is 9.53 Å². The van der Waals surface area contributed by atoms with E-state index in [0.717, 1.165) is 11.1 Å². The zero-order valence-corrected chi connectivity index (χ0v) is 15.2. The number of carbonyl (C=O) groups excluding carboxylic acids is 1. The van der Waals surface area contributed by atoms with Crippen molar-refractivity contribution in [3.63, 3.8) is 0 Å². The molecule has 1 unspecified atom stereocenters. The third kappa shape index (κ3) is 4.98. The van der Waals surface area contributed by atoms with Crippen molar-refractivity contribution >= 4 is 35.3 Å². The molecule has 0 bridgehead atoms. The van der Waals surface area contributed by atoms with Crippen molar-refractivity contribution in [2.24, 2.45) is 5.10 Å². The van der Waals surface area contributed by atoms with Gasteiger partial charge in [0.15, 0.2) is 6.10 Å². The van der Waals surface area contributed by atoms with Crippen LogP contribution in [0.4, 0.5) is 0 Å². The summed E-state index contributed by atoms with van der Waals surface area (Å²) >= 11 is 11.8. The van der Waals surface area contributed by atoms with Gasteiger partial charge in [0.25, 0.3) is 5.91 Å². The molecule has 0 aromatic heterocycles. The third-order valence-corrected chi connectivity index (χ3v) is 3.90. The van der Waals surface area contributed by atoms with Gasteiger partial charge in [0.05, 0.1) is 11.2 Å². The summed E-state index contributed by atoms with van der Waals surface area (Å²) in [7, 11) is 0. The van der Waals surface area contributed by atoms with Crippen LogP contribution in [0.2, 0.25) is 10.0 Å². The Morgan fingerprint density at radius 3 is 2.62 bits per heavy atom. The number of hydrogen-bond acceptors (Lipinski definition) is 3. The number of rotatable bonds is 5. The second-order valence-electron chi connectivity index (χ2n) is 5.43. The predicted molar refractivity (Wildman–Crippen MR) is 98.2 cm³/mol. The van der Waals surface area contributed by atoms with Gasteiger partial charge in [-0.15, -0.1) is 0 Å². The van der Waals surface area contributed by atoms with Crippen LogP contribution in [-0.4, -0.2) is 18.2 Å². The molecule has 0 aliphatic rings. The SMILES string of the molecule is Cc1ccc(C=NNC(=O)C(C)Oc2ccc(Cl)cc2Cl)c(C)c1. The minimum atomic E-state index is -0.750. The number of hydrogen-bond donors (Lipinski definition) is 1. The molecule has 0 saturated carbocycles. The van der Waals surface area contributed by atoms with Crippen molar-refractivity contribution in [1.29, 1.82) is 0 Å². The summed E-state index contributed by atoms with van der Waals surface area (Å²) in [5.74, 6) is 0.0177. The highest BCUT2D eigenvalue weighted by Gasteiger charge is 2.15. The topological polar surface area (TPSA) is 50.7 Å². The predicted octanol–water partition coefficient (Wildman–Crippen LogP) is 4.53. The quantitative estimate of drug-likeness (QED) is 0.625. The molecule has 2 aromatic rings. The molecule has 1 atom stereocenters. The van der Waals surface area contributed by atoms with E-state index in [2.05, 4.69) is 16.6 Å². The Balaban J connectivity index is 1.95. The lowest BCUT2D eigenvalue weighted by atomic mass is 10.1. The fourth-order valence-electron chi connectivity index (χ4n) is 2.04. The number of amides is 1. The van der Waals surface area contributed by atoms with Gasteiger partial charge in [-0.3, -0.25) is 4.79 Å². The summed E-state index contributed by atoms with van der Waals surface area (Å²) in [6.45, 7) is 5.63. The fraction of sp³-hybridized carbons (Fsp3) is 0.222. The minimum Gasteiger partial charge on any atom is -0.479 e.